The highest BCUT2D eigenvalue weighted by Gasteiger charge is 2.54. The van der Waals surface area contributed by atoms with Gasteiger partial charge in [-0.05, 0) is 6.07 Å². The number of ether oxygens (including phenoxy) is 4. The molecule has 1 amide bonds. The Morgan fingerprint density at radius 3 is 2.26 bits per heavy atom. The number of aromatic nitrogens is 1. The summed E-state index contributed by atoms with van der Waals surface area (Å²) in [4.78, 5) is 45.6. The number of hydrogen-bond donors (Lipinski definition) is 1. The van der Waals surface area contributed by atoms with Crippen LogP contribution >= 0.6 is 0 Å². The Balaban J connectivity index is 2.39. The highest BCUT2D eigenvalue weighted by molar-refractivity contribution is 5.92. The summed E-state index contributed by atoms with van der Waals surface area (Å²) in [7, 11) is 0. The van der Waals surface area contributed by atoms with Gasteiger partial charge in [0.2, 0.25) is 6.10 Å². The van der Waals surface area contributed by atoms with Crippen LogP contribution in [0.5, 0.6) is 0 Å². The fraction of sp³-hybridized carbons (Fsp3) is 0.471. The van der Waals surface area contributed by atoms with Crippen molar-refractivity contribution in [3.8, 4) is 0 Å². The molecule has 1 aliphatic rings. The lowest BCUT2D eigenvalue weighted by Crippen LogP contribution is -2.48. The highest BCUT2D eigenvalue weighted by Crippen LogP contribution is 2.31. The number of carbonyl (C=O) groups is 4. The number of pyridine rings is 1. The molecule has 0 radical (unpaired) electrons. The maximum absolute atomic E-state index is 11.6. The molecule has 0 spiro atoms. The van der Waals surface area contributed by atoms with Crippen molar-refractivity contribution < 1.29 is 42.7 Å². The van der Waals surface area contributed by atoms with Gasteiger partial charge in [0, 0.05) is 26.8 Å². The molecule has 2 heterocycles. The van der Waals surface area contributed by atoms with Gasteiger partial charge in [-0.2, -0.15) is 4.57 Å². The molecule has 1 aromatic heterocycles. The highest BCUT2D eigenvalue weighted by atomic mass is 16.7. The van der Waals surface area contributed by atoms with Gasteiger partial charge in [-0.1, -0.05) is 0 Å². The van der Waals surface area contributed by atoms with Crippen molar-refractivity contribution in [2.75, 3.05) is 6.61 Å². The number of amides is 1. The summed E-state index contributed by atoms with van der Waals surface area (Å²) in [6.07, 6.45) is -0.856. The number of nitrogens with zero attached hydrogens (tertiary/aromatic N) is 1. The Hall–Kier alpha value is -3.01. The molecule has 27 heavy (non-hydrogen) atoms. The largest absolute Gasteiger partial charge is 0.463 e. The van der Waals surface area contributed by atoms with E-state index in [1.807, 2.05) is 0 Å². The van der Waals surface area contributed by atoms with E-state index in [9.17, 15) is 19.2 Å². The van der Waals surface area contributed by atoms with E-state index in [2.05, 4.69) is 0 Å². The third-order valence-corrected chi connectivity index (χ3v) is 3.74. The van der Waals surface area contributed by atoms with Gasteiger partial charge in [0.25, 0.3) is 5.91 Å². The van der Waals surface area contributed by atoms with Gasteiger partial charge in [0.15, 0.2) is 18.5 Å². The van der Waals surface area contributed by atoms with Crippen molar-refractivity contribution in [1.82, 2.24) is 0 Å². The van der Waals surface area contributed by atoms with Crippen LogP contribution in [-0.2, 0) is 33.3 Å². The Kier molecular flexibility index (Phi) is 6.45. The Morgan fingerprint density at radius 2 is 1.70 bits per heavy atom. The number of rotatable bonds is 6. The molecule has 1 fully saturated rings. The maximum atomic E-state index is 11.6. The molecule has 10 nitrogen and oxygen atoms in total. The minimum Gasteiger partial charge on any atom is -0.463 e. The number of nitrogens with two attached hydrogens (primary N) is 1. The molecule has 1 aromatic rings. The molecule has 2 unspecified atom stereocenters. The standard InChI is InChI=1S/C17H20N2O8/c1-9(20)24-8-13-14(25-10(2)21)15(26-11(3)22)17(27-13)19-6-4-5-12(7-19)16(18)23/h4-7,13-15,17H,8H2,1-3H3,(H-,18,23)/p+1/t13-,14?,15?,17-/m1/s1. The van der Waals surface area contributed by atoms with Crippen LogP contribution in [0.3, 0.4) is 0 Å². The topological polar surface area (TPSA) is 135 Å². The second kappa shape index (κ2) is 8.58. The van der Waals surface area contributed by atoms with Crippen molar-refractivity contribution in [3.05, 3.63) is 30.1 Å². The Labute approximate surface area is 155 Å². The van der Waals surface area contributed by atoms with E-state index >= 15 is 0 Å². The van der Waals surface area contributed by atoms with E-state index in [-0.39, 0.29) is 12.2 Å². The molecule has 2 rings (SSSR count). The number of carbonyl (C=O) groups excluding carboxylic acids is 4. The number of hydrogen-bond acceptors (Lipinski definition) is 8. The minimum absolute atomic E-state index is 0.204. The lowest BCUT2D eigenvalue weighted by molar-refractivity contribution is -0.765. The van der Waals surface area contributed by atoms with Crippen molar-refractivity contribution in [1.29, 1.82) is 0 Å². The third-order valence-electron chi connectivity index (χ3n) is 3.74. The van der Waals surface area contributed by atoms with Gasteiger partial charge >= 0.3 is 24.1 Å². The van der Waals surface area contributed by atoms with Crippen LogP contribution < -0.4 is 10.3 Å². The first-order valence-corrected chi connectivity index (χ1v) is 8.13. The molecule has 146 valence electrons. The summed E-state index contributed by atoms with van der Waals surface area (Å²) in [6, 6.07) is 3.07. The minimum atomic E-state index is -1.03. The monoisotopic (exact) mass is 381 g/mol. The first-order valence-electron chi connectivity index (χ1n) is 8.13. The number of primary amides is 1. The van der Waals surface area contributed by atoms with Crippen LogP contribution in [0.2, 0.25) is 0 Å². The summed E-state index contributed by atoms with van der Waals surface area (Å²) < 4.78 is 22.8. The van der Waals surface area contributed by atoms with Crippen molar-refractivity contribution in [2.45, 2.75) is 45.3 Å². The summed E-state index contributed by atoms with van der Waals surface area (Å²) >= 11 is 0. The van der Waals surface area contributed by atoms with Crippen LogP contribution in [0, 0.1) is 0 Å². The molecule has 4 atom stereocenters. The van der Waals surface area contributed by atoms with E-state index < -0.39 is 48.4 Å². The molecule has 0 aliphatic carbocycles. The van der Waals surface area contributed by atoms with E-state index in [1.54, 1.807) is 12.3 Å². The molecule has 0 saturated carbocycles. The van der Waals surface area contributed by atoms with Gasteiger partial charge in [-0.25, -0.2) is 0 Å². The van der Waals surface area contributed by atoms with Crippen molar-refractivity contribution in [2.24, 2.45) is 5.73 Å². The molecular weight excluding hydrogens is 360 g/mol. The Bertz CT molecular complexity index is 750. The van der Waals surface area contributed by atoms with Crippen molar-refractivity contribution >= 4 is 23.8 Å². The summed E-state index contributed by atoms with van der Waals surface area (Å²) in [6.45, 7) is 3.41. The number of esters is 3. The zero-order valence-electron chi connectivity index (χ0n) is 15.1. The molecule has 10 heteroatoms. The van der Waals surface area contributed by atoms with Crippen LogP contribution in [0.15, 0.2) is 24.5 Å². The molecule has 1 saturated heterocycles. The second-order valence-corrected chi connectivity index (χ2v) is 5.92. The zero-order valence-corrected chi connectivity index (χ0v) is 15.1. The SMILES string of the molecule is CC(=O)OC[C@H]1O[C@@H]([n+]2cccc(C(N)=O)c2)C(OC(C)=O)C1OC(C)=O. The lowest BCUT2D eigenvalue weighted by atomic mass is 10.1. The smallest absolute Gasteiger partial charge is 0.304 e. The first kappa shape index (κ1) is 20.3. The average Bonchev–Trinajstić information content (AvgIpc) is 2.89. The van der Waals surface area contributed by atoms with Gasteiger partial charge in [0.05, 0.1) is 0 Å². The van der Waals surface area contributed by atoms with Crippen molar-refractivity contribution in [3.63, 3.8) is 0 Å². The van der Waals surface area contributed by atoms with Crippen LogP contribution in [0.25, 0.3) is 0 Å². The summed E-state index contributed by atoms with van der Waals surface area (Å²) in [5, 5.41) is 0. The van der Waals surface area contributed by atoms with Gasteiger partial charge < -0.3 is 24.7 Å². The Morgan fingerprint density at radius 1 is 1.07 bits per heavy atom. The zero-order chi connectivity index (χ0) is 20.1. The molecule has 0 bridgehead atoms. The van der Waals surface area contributed by atoms with E-state index in [0.29, 0.717) is 0 Å². The van der Waals surface area contributed by atoms with Gasteiger partial charge in [0.1, 0.15) is 18.3 Å². The molecule has 2 N–H and O–H groups in total. The summed E-state index contributed by atoms with van der Waals surface area (Å²) in [5.74, 6) is -2.44. The van der Waals surface area contributed by atoms with E-state index in [1.165, 1.54) is 37.6 Å². The fourth-order valence-electron chi connectivity index (χ4n) is 2.73. The molecule has 1 aliphatic heterocycles. The van der Waals surface area contributed by atoms with Crippen LogP contribution in [0.1, 0.15) is 37.4 Å². The molecular formula is C17H21N2O8+. The average molecular weight is 381 g/mol. The van der Waals surface area contributed by atoms with Gasteiger partial charge in [-0.3, -0.25) is 19.2 Å². The first-order chi connectivity index (χ1) is 12.7. The molecule has 0 aromatic carbocycles. The second-order valence-electron chi connectivity index (χ2n) is 5.92. The normalized spacial score (nSPS) is 24.1. The van der Waals surface area contributed by atoms with Gasteiger partial charge in [-0.15, -0.1) is 0 Å². The quantitative estimate of drug-likeness (QED) is 0.392. The fourth-order valence-corrected chi connectivity index (χ4v) is 2.73. The predicted molar refractivity (Wildman–Crippen MR) is 86.8 cm³/mol. The van der Waals surface area contributed by atoms with E-state index in [0.717, 1.165) is 0 Å². The third kappa shape index (κ3) is 5.23. The van der Waals surface area contributed by atoms with E-state index in [4.69, 9.17) is 24.7 Å². The maximum Gasteiger partial charge on any atom is 0.304 e. The predicted octanol–water partition coefficient (Wildman–Crippen LogP) is -0.603. The van der Waals surface area contributed by atoms with Crippen LogP contribution in [0.4, 0.5) is 0 Å². The van der Waals surface area contributed by atoms with Crippen LogP contribution in [-0.4, -0.2) is 48.7 Å². The summed E-state index contributed by atoms with van der Waals surface area (Å²) in [5.41, 5.74) is 5.50. The lowest BCUT2D eigenvalue weighted by Gasteiger charge is -2.21.